The van der Waals surface area contributed by atoms with Crippen LogP contribution in [0.1, 0.15) is 0 Å². The number of alkyl halides is 6. The second kappa shape index (κ2) is 12.3. The molecule has 0 fully saturated rings. The van der Waals surface area contributed by atoms with Crippen molar-refractivity contribution in [3.05, 3.63) is 18.9 Å². The summed E-state index contributed by atoms with van der Waals surface area (Å²) in [7, 11) is 0. The summed E-state index contributed by atoms with van der Waals surface area (Å²) in [6.07, 6.45) is -9.64. The SMILES string of the molecule is O=C(NC/C(Br)=C/Br)C(F)(F)F.O=C(NC/C(Br)=C/Br)C(F)(F)F. The van der Waals surface area contributed by atoms with Crippen LogP contribution >= 0.6 is 63.7 Å². The number of carbonyl (C=O) groups is 2. The van der Waals surface area contributed by atoms with Crippen LogP contribution in [0.3, 0.4) is 0 Å². The Bertz CT molecular complexity index is 447. The Morgan fingerprint density at radius 1 is 0.750 bits per heavy atom. The van der Waals surface area contributed by atoms with Crippen LogP contribution in [0, 0.1) is 0 Å². The average molecular weight is 622 g/mol. The molecule has 14 heteroatoms. The largest absolute Gasteiger partial charge is 0.471 e. The van der Waals surface area contributed by atoms with Gasteiger partial charge in [-0.3, -0.25) is 9.59 Å². The van der Waals surface area contributed by atoms with Crippen molar-refractivity contribution in [2.75, 3.05) is 13.1 Å². The minimum Gasteiger partial charge on any atom is -0.344 e. The molecule has 24 heavy (non-hydrogen) atoms. The summed E-state index contributed by atoms with van der Waals surface area (Å²) >= 11 is 11.6. The van der Waals surface area contributed by atoms with Crippen molar-refractivity contribution in [1.29, 1.82) is 0 Å². The van der Waals surface area contributed by atoms with E-state index in [0.717, 1.165) is 0 Å². The van der Waals surface area contributed by atoms with E-state index in [1.165, 1.54) is 9.97 Å². The fraction of sp³-hybridized carbons (Fsp3) is 0.400. The third kappa shape index (κ3) is 14.3. The van der Waals surface area contributed by atoms with Gasteiger partial charge in [-0.25, -0.2) is 0 Å². The number of halogens is 10. The number of amides is 2. The summed E-state index contributed by atoms with van der Waals surface area (Å²) in [6.45, 7) is -0.382. The van der Waals surface area contributed by atoms with Gasteiger partial charge >= 0.3 is 24.2 Å². The van der Waals surface area contributed by atoms with Gasteiger partial charge in [-0.2, -0.15) is 26.3 Å². The lowest BCUT2D eigenvalue weighted by molar-refractivity contribution is -0.173. The average Bonchev–Trinajstić information content (AvgIpc) is 2.47. The highest BCUT2D eigenvalue weighted by Crippen LogP contribution is 2.15. The lowest BCUT2D eigenvalue weighted by Gasteiger charge is -2.06. The van der Waals surface area contributed by atoms with Crippen LogP contribution in [0.15, 0.2) is 18.9 Å². The van der Waals surface area contributed by atoms with Crippen molar-refractivity contribution in [3.8, 4) is 0 Å². The molecule has 0 spiro atoms. The summed E-state index contributed by atoms with van der Waals surface area (Å²) in [5.41, 5.74) is 0. The zero-order chi connectivity index (χ0) is 19.6. The molecule has 2 amide bonds. The first-order valence-electron chi connectivity index (χ1n) is 5.35. The van der Waals surface area contributed by atoms with Crippen LogP contribution in [0.4, 0.5) is 26.3 Å². The van der Waals surface area contributed by atoms with E-state index < -0.39 is 24.2 Å². The number of hydrogen-bond donors (Lipinski definition) is 2. The van der Waals surface area contributed by atoms with Crippen LogP contribution in [-0.4, -0.2) is 37.3 Å². The van der Waals surface area contributed by atoms with E-state index in [9.17, 15) is 35.9 Å². The zero-order valence-electron chi connectivity index (χ0n) is 11.2. The molecule has 0 unspecified atom stereocenters. The third-order valence-corrected chi connectivity index (χ3v) is 4.94. The van der Waals surface area contributed by atoms with E-state index >= 15 is 0 Å². The maximum atomic E-state index is 11.5. The van der Waals surface area contributed by atoms with Crippen molar-refractivity contribution in [2.24, 2.45) is 0 Å². The quantitative estimate of drug-likeness (QED) is 0.452. The fourth-order valence-corrected chi connectivity index (χ4v) is 1.21. The predicted octanol–water partition coefficient (Wildman–Crippen LogP) is 4.59. The Morgan fingerprint density at radius 3 is 1.17 bits per heavy atom. The Kier molecular flexibility index (Phi) is 13.4. The van der Waals surface area contributed by atoms with E-state index in [1.54, 1.807) is 10.6 Å². The maximum absolute atomic E-state index is 11.5. The van der Waals surface area contributed by atoms with E-state index in [4.69, 9.17) is 0 Å². The monoisotopic (exact) mass is 618 g/mol. The van der Waals surface area contributed by atoms with Crippen molar-refractivity contribution in [1.82, 2.24) is 10.6 Å². The summed E-state index contributed by atoms with van der Waals surface area (Å²) in [5, 5.41) is 3.33. The zero-order valence-corrected chi connectivity index (χ0v) is 17.5. The molecule has 4 nitrogen and oxygen atoms in total. The third-order valence-electron chi connectivity index (χ3n) is 1.59. The van der Waals surface area contributed by atoms with Gasteiger partial charge < -0.3 is 10.6 Å². The van der Waals surface area contributed by atoms with Gasteiger partial charge in [0.25, 0.3) is 0 Å². The molecular weight excluding hydrogens is 614 g/mol. The minimum absolute atomic E-state index is 0.191. The van der Waals surface area contributed by atoms with Crippen LogP contribution in [0.5, 0.6) is 0 Å². The molecule has 0 rings (SSSR count). The first kappa shape index (κ1) is 26.2. The molecule has 0 saturated heterocycles. The second-order valence-corrected chi connectivity index (χ2v) is 6.43. The van der Waals surface area contributed by atoms with Crippen molar-refractivity contribution in [3.63, 3.8) is 0 Å². The van der Waals surface area contributed by atoms with E-state index in [-0.39, 0.29) is 13.1 Å². The highest BCUT2D eigenvalue weighted by molar-refractivity contribution is 9.14. The van der Waals surface area contributed by atoms with Gasteiger partial charge in [-0.1, -0.05) is 63.7 Å². The molecule has 140 valence electrons. The van der Waals surface area contributed by atoms with Crippen LogP contribution in [-0.2, 0) is 9.59 Å². The summed E-state index contributed by atoms with van der Waals surface area (Å²) in [6, 6.07) is 0. The van der Waals surface area contributed by atoms with Crippen molar-refractivity contribution < 1.29 is 35.9 Å². The van der Waals surface area contributed by atoms with Crippen LogP contribution in [0.25, 0.3) is 0 Å². The number of nitrogens with one attached hydrogen (secondary N) is 2. The summed E-state index contributed by atoms with van der Waals surface area (Å²) < 4.78 is 70.1. The van der Waals surface area contributed by atoms with Crippen LogP contribution < -0.4 is 10.6 Å². The van der Waals surface area contributed by atoms with Gasteiger partial charge in [-0.05, 0) is 9.97 Å². The van der Waals surface area contributed by atoms with Gasteiger partial charge in [0.2, 0.25) is 0 Å². The van der Waals surface area contributed by atoms with Gasteiger partial charge in [0.15, 0.2) is 0 Å². The summed E-state index contributed by atoms with van der Waals surface area (Å²) in [4.78, 5) is 23.1. The smallest absolute Gasteiger partial charge is 0.344 e. The van der Waals surface area contributed by atoms with Gasteiger partial charge in [0.1, 0.15) is 0 Å². The molecule has 0 aromatic heterocycles. The molecular formula is C10H8Br4F6N2O2. The molecule has 0 aromatic rings. The lowest BCUT2D eigenvalue weighted by atomic mass is 10.5. The predicted molar refractivity (Wildman–Crippen MR) is 90.0 cm³/mol. The Hall–Kier alpha value is -0.0800. The topological polar surface area (TPSA) is 58.2 Å². The Labute approximate surface area is 166 Å². The number of carbonyl (C=O) groups excluding carboxylic acids is 2. The fourth-order valence-electron chi connectivity index (χ4n) is 0.607. The van der Waals surface area contributed by atoms with Gasteiger partial charge in [-0.15, -0.1) is 0 Å². The van der Waals surface area contributed by atoms with Gasteiger partial charge in [0, 0.05) is 8.96 Å². The van der Waals surface area contributed by atoms with E-state index in [0.29, 0.717) is 8.96 Å². The second-order valence-electron chi connectivity index (χ2n) is 3.47. The molecule has 0 aliphatic heterocycles. The summed E-state index contributed by atoms with van der Waals surface area (Å²) in [5.74, 6) is -3.90. The number of rotatable bonds is 4. The van der Waals surface area contributed by atoms with Crippen molar-refractivity contribution >= 4 is 75.5 Å². The standard InChI is InChI=1S/2C5H4Br2F3NO/c2*6-1-3(7)2-11-4(12)5(8,9)10/h2*1H,2H2,(H,11,12)/b2*3-1-. The molecule has 0 bridgehead atoms. The Balaban J connectivity index is 0. The molecule has 0 aliphatic rings. The van der Waals surface area contributed by atoms with Gasteiger partial charge in [0.05, 0.1) is 13.1 Å². The molecule has 0 atom stereocenters. The minimum atomic E-state index is -4.82. The van der Waals surface area contributed by atoms with E-state index in [1.807, 2.05) is 0 Å². The molecule has 0 heterocycles. The first-order chi connectivity index (χ1) is 10.8. The maximum Gasteiger partial charge on any atom is 0.471 e. The highest BCUT2D eigenvalue weighted by Gasteiger charge is 2.38. The highest BCUT2D eigenvalue weighted by atomic mass is 79.9. The number of hydrogen-bond acceptors (Lipinski definition) is 2. The molecule has 0 radical (unpaired) electrons. The van der Waals surface area contributed by atoms with Crippen LogP contribution in [0.2, 0.25) is 0 Å². The normalized spacial score (nSPS) is 12.9. The molecule has 0 saturated carbocycles. The van der Waals surface area contributed by atoms with E-state index in [2.05, 4.69) is 63.7 Å². The Morgan fingerprint density at radius 2 is 1.00 bits per heavy atom. The first-order valence-corrected chi connectivity index (χ1v) is 8.77. The molecule has 0 aliphatic carbocycles. The van der Waals surface area contributed by atoms with Crippen molar-refractivity contribution in [2.45, 2.75) is 12.4 Å². The molecule has 0 aromatic carbocycles. The molecule has 2 N–H and O–H groups in total. The lowest BCUT2D eigenvalue weighted by Crippen LogP contribution is -2.37.